The van der Waals surface area contributed by atoms with Crippen molar-refractivity contribution in [3.05, 3.63) is 0 Å². The van der Waals surface area contributed by atoms with Gasteiger partial charge in [-0.2, -0.15) is 5.26 Å². The van der Waals surface area contributed by atoms with E-state index < -0.39 is 31.0 Å². The second-order valence-corrected chi connectivity index (χ2v) is 2.39. The van der Waals surface area contributed by atoms with E-state index in [1.807, 2.05) is 0 Å². The number of rotatable bonds is 4. The van der Waals surface area contributed by atoms with E-state index in [1.165, 1.54) is 6.07 Å². The summed E-state index contributed by atoms with van der Waals surface area (Å²) in [7, 11) is 0. The van der Waals surface area contributed by atoms with Crippen molar-refractivity contribution in [2.75, 3.05) is 6.61 Å². The van der Waals surface area contributed by atoms with E-state index in [0.717, 1.165) is 0 Å². The molecule has 0 amide bonds. The van der Waals surface area contributed by atoms with Crippen LogP contribution in [0.5, 0.6) is 0 Å². The summed E-state index contributed by atoms with van der Waals surface area (Å²) in [5.41, 5.74) is 5.05. The van der Waals surface area contributed by atoms with Gasteiger partial charge in [-0.25, -0.2) is 0 Å². The highest BCUT2D eigenvalue weighted by Crippen LogP contribution is 2.02. The molecule has 0 bridgehead atoms. The van der Waals surface area contributed by atoms with Gasteiger partial charge in [0, 0.05) is 0 Å². The number of aliphatic hydroxyl groups is 4. The zero-order valence-electron chi connectivity index (χ0n) is 6.33. The number of hydrogen-bond acceptors (Lipinski definition) is 6. The van der Waals surface area contributed by atoms with Gasteiger partial charge in [0.25, 0.3) is 0 Å². The molecule has 0 radical (unpaired) electrons. The molecule has 0 fully saturated rings. The molecule has 0 aliphatic heterocycles. The van der Waals surface area contributed by atoms with Crippen LogP contribution in [0.2, 0.25) is 0 Å². The molecule has 0 aliphatic rings. The van der Waals surface area contributed by atoms with Crippen LogP contribution < -0.4 is 5.73 Å². The Hall–Kier alpha value is -0.710. The molecule has 6 heteroatoms. The molecule has 6 nitrogen and oxygen atoms in total. The monoisotopic (exact) mass is 176 g/mol. The van der Waals surface area contributed by atoms with E-state index >= 15 is 0 Å². The van der Waals surface area contributed by atoms with Crippen LogP contribution in [0.1, 0.15) is 0 Å². The second kappa shape index (κ2) is 5.03. The highest BCUT2D eigenvalue weighted by molar-refractivity contribution is 4.96. The highest BCUT2D eigenvalue weighted by atomic mass is 16.4. The summed E-state index contributed by atoms with van der Waals surface area (Å²) in [6.07, 6.45) is -4.65. The zero-order valence-corrected chi connectivity index (χ0v) is 6.33. The van der Waals surface area contributed by atoms with E-state index in [-0.39, 0.29) is 0 Å². The lowest BCUT2D eigenvalue weighted by Gasteiger charge is -2.22. The Morgan fingerprint density at radius 3 is 2.08 bits per heavy atom. The molecular formula is C6H12N2O4. The third kappa shape index (κ3) is 2.73. The molecule has 4 atom stereocenters. The van der Waals surface area contributed by atoms with Crippen LogP contribution >= 0.6 is 0 Å². The molecule has 0 spiro atoms. The summed E-state index contributed by atoms with van der Waals surface area (Å²) >= 11 is 0. The lowest BCUT2D eigenvalue weighted by Crippen LogP contribution is -2.48. The summed E-state index contributed by atoms with van der Waals surface area (Å²) in [4.78, 5) is 0. The highest BCUT2D eigenvalue weighted by Gasteiger charge is 2.28. The average molecular weight is 176 g/mol. The maximum Gasteiger partial charge on any atom is 0.122 e. The standard InChI is InChI=1S/C6H12N2O4/c7-1-3(8)5(11)6(12)4(10)2-9/h3-6,9-12H,2,8H2/t3?,4-,5+,6-/m1/s1. The quantitative estimate of drug-likeness (QED) is 0.308. The lowest BCUT2D eigenvalue weighted by atomic mass is 10.0. The second-order valence-electron chi connectivity index (χ2n) is 2.39. The molecule has 6 N–H and O–H groups in total. The van der Waals surface area contributed by atoms with Crippen molar-refractivity contribution in [2.24, 2.45) is 5.73 Å². The van der Waals surface area contributed by atoms with Gasteiger partial charge in [-0.15, -0.1) is 0 Å². The van der Waals surface area contributed by atoms with Crippen LogP contribution in [0.15, 0.2) is 0 Å². The SMILES string of the molecule is N#CC(N)[C@H](O)[C@H](O)[C@H](O)CO. The molecule has 0 aromatic carbocycles. The first kappa shape index (κ1) is 11.3. The fourth-order valence-corrected chi connectivity index (χ4v) is 0.624. The molecule has 0 aromatic heterocycles. The maximum absolute atomic E-state index is 9.02. The smallest absolute Gasteiger partial charge is 0.122 e. The number of aliphatic hydroxyl groups excluding tert-OH is 4. The minimum absolute atomic E-state index is 0.698. The van der Waals surface area contributed by atoms with Crippen LogP contribution in [0, 0.1) is 11.3 Å². The first-order chi connectivity index (χ1) is 5.54. The predicted octanol–water partition coefficient (Wildman–Crippen LogP) is -3.09. The molecule has 0 aliphatic carbocycles. The third-order valence-corrected chi connectivity index (χ3v) is 1.45. The summed E-state index contributed by atoms with van der Waals surface area (Å²) in [6, 6.07) is 0.223. The zero-order chi connectivity index (χ0) is 9.72. The molecule has 0 aromatic rings. The van der Waals surface area contributed by atoms with Crippen LogP contribution in [0.25, 0.3) is 0 Å². The molecule has 12 heavy (non-hydrogen) atoms. The molecule has 0 saturated heterocycles. The van der Waals surface area contributed by atoms with Crippen molar-refractivity contribution in [3.8, 4) is 6.07 Å². The van der Waals surface area contributed by atoms with Gasteiger partial charge < -0.3 is 26.2 Å². The minimum atomic E-state index is -1.61. The first-order valence-electron chi connectivity index (χ1n) is 3.34. The third-order valence-electron chi connectivity index (χ3n) is 1.45. The number of nitrogens with two attached hydrogens (primary N) is 1. The fraction of sp³-hybridized carbons (Fsp3) is 0.833. The van der Waals surface area contributed by atoms with Gasteiger partial charge >= 0.3 is 0 Å². The molecule has 70 valence electrons. The van der Waals surface area contributed by atoms with Gasteiger partial charge in [0.05, 0.1) is 12.7 Å². The van der Waals surface area contributed by atoms with Gasteiger partial charge in [-0.1, -0.05) is 0 Å². The van der Waals surface area contributed by atoms with Crippen molar-refractivity contribution < 1.29 is 20.4 Å². The Morgan fingerprint density at radius 1 is 1.25 bits per heavy atom. The largest absolute Gasteiger partial charge is 0.394 e. The Morgan fingerprint density at radius 2 is 1.75 bits per heavy atom. The molecule has 1 unspecified atom stereocenters. The Balaban J connectivity index is 4.10. The maximum atomic E-state index is 9.02. The van der Waals surface area contributed by atoms with Crippen LogP contribution in [0.4, 0.5) is 0 Å². The summed E-state index contributed by atoms with van der Waals surface area (Å²) in [5, 5.41) is 43.4. The number of hydrogen-bond donors (Lipinski definition) is 5. The molecular weight excluding hydrogens is 164 g/mol. The van der Waals surface area contributed by atoms with Gasteiger partial charge in [0.2, 0.25) is 0 Å². The average Bonchev–Trinajstić information content (AvgIpc) is 2.12. The van der Waals surface area contributed by atoms with Gasteiger partial charge in [-0.3, -0.25) is 0 Å². The first-order valence-corrected chi connectivity index (χ1v) is 3.34. The van der Waals surface area contributed by atoms with Crippen molar-refractivity contribution in [3.63, 3.8) is 0 Å². The summed E-state index contributed by atoms with van der Waals surface area (Å²) < 4.78 is 0. The summed E-state index contributed by atoms with van der Waals surface area (Å²) in [6.45, 7) is -0.698. The van der Waals surface area contributed by atoms with E-state index in [1.54, 1.807) is 0 Å². The molecule has 0 saturated carbocycles. The van der Waals surface area contributed by atoms with Crippen LogP contribution in [0.3, 0.4) is 0 Å². The number of nitrogens with zero attached hydrogens (tertiary/aromatic N) is 1. The fourth-order valence-electron chi connectivity index (χ4n) is 0.624. The van der Waals surface area contributed by atoms with Crippen LogP contribution in [-0.4, -0.2) is 51.4 Å². The van der Waals surface area contributed by atoms with Crippen molar-refractivity contribution in [1.82, 2.24) is 0 Å². The van der Waals surface area contributed by atoms with Crippen molar-refractivity contribution in [1.29, 1.82) is 5.26 Å². The van der Waals surface area contributed by atoms with Crippen molar-refractivity contribution in [2.45, 2.75) is 24.4 Å². The van der Waals surface area contributed by atoms with Gasteiger partial charge in [0.15, 0.2) is 0 Å². The minimum Gasteiger partial charge on any atom is -0.394 e. The Labute approximate surface area is 69.5 Å². The normalized spacial score (nSPS) is 20.7. The van der Waals surface area contributed by atoms with E-state index in [2.05, 4.69) is 0 Å². The number of nitriles is 1. The van der Waals surface area contributed by atoms with E-state index in [9.17, 15) is 0 Å². The van der Waals surface area contributed by atoms with Gasteiger partial charge in [-0.05, 0) is 0 Å². The molecule has 0 rings (SSSR count). The van der Waals surface area contributed by atoms with Crippen LogP contribution in [-0.2, 0) is 0 Å². The van der Waals surface area contributed by atoms with E-state index in [4.69, 9.17) is 31.4 Å². The van der Waals surface area contributed by atoms with E-state index in [0.29, 0.717) is 0 Å². The lowest BCUT2D eigenvalue weighted by molar-refractivity contribution is -0.0784. The topological polar surface area (TPSA) is 131 Å². The van der Waals surface area contributed by atoms with Crippen molar-refractivity contribution >= 4 is 0 Å². The Bertz CT molecular complexity index is 169. The predicted molar refractivity (Wildman–Crippen MR) is 38.7 cm³/mol. The van der Waals surface area contributed by atoms with Gasteiger partial charge in [0.1, 0.15) is 24.4 Å². The molecule has 0 heterocycles. The summed E-state index contributed by atoms with van der Waals surface area (Å²) in [5.74, 6) is 0. The Kier molecular flexibility index (Phi) is 4.73.